The molecule has 2 atom stereocenters. The summed E-state index contributed by atoms with van der Waals surface area (Å²) < 4.78 is 12.0. The molecule has 0 heterocycles. The molecule has 2 unspecified atom stereocenters. The number of unbranched alkanes of at least 4 members (excludes halogenated alkanes) is 2. The predicted molar refractivity (Wildman–Crippen MR) is 92.7 cm³/mol. The van der Waals surface area contributed by atoms with Crippen LogP contribution in [-0.4, -0.2) is 25.9 Å². The number of hydrogen-bond acceptors (Lipinski definition) is 2. The van der Waals surface area contributed by atoms with Crippen LogP contribution in [-0.2, 0) is 9.47 Å². The molecular weight excluding hydrogens is 260 g/mol. The summed E-state index contributed by atoms with van der Waals surface area (Å²) in [6.07, 6.45) is 13.1. The fraction of sp³-hybridized carbons (Fsp3) is 0.789. The van der Waals surface area contributed by atoms with Crippen LogP contribution in [0.2, 0.25) is 0 Å². The van der Waals surface area contributed by atoms with Crippen LogP contribution in [0, 0.1) is 5.92 Å². The van der Waals surface area contributed by atoms with E-state index >= 15 is 0 Å². The Hall–Kier alpha value is -0.600. The van der Waals surface area contributed by atoms with E-state index in [0.717, 1.165) is 64.8 Å². The van der Waals surface area contributed by atoms with Crippen molar-refractivity contribution in [3.05, 3.63) is 25.3 Å². The average molecular weight is 296 g/mol. The molecule has 0 aromatic carbocycles. The summed E-state index contributed by atoms with van der Waals surface area (Å²) in [7, 11) is 0. The maximum absolute atomic E-state index is 6.14. The van der Waals surface area contributed by atoms with Gasteiger partial charge in [-0.05, 0) is 38.5 Å². The summed E-state index contributed by atoms with van der Waals surface area (Å²) in [5.41, 5.74) is 0. The van der Waals surface area contributed by atoms with E-state index in [9.17, 15) is 0 Å². The Morgan fingerprint density at radius 2 is 1.67 bits per heavy atom. The van der Waals surface area contributed by atoms with E-state index in [1.165, 1.54) is 6.42 Å². The van der Waals surface area contributed by atoms with Crippen LogP contribution in [0.15, 0.2) is 25.3 Å². The first-order valence-corrected chi connectivity index (χ1v) is 8.71. The normalized spacial score (nSPS) is 13.8. The zero-order valence-electron chi connectivity index (χ0n) is 14.3. The Balaban J connectivity index is 4.29. The summed E-state index contributed by atoms with van der Waals surface area (Å²) in [4.78, 5) is 0. The van der Waals surface area contributed by atoms with E-state index in [0.29, 0.717) is 12.0 Å². The first kappa shape index (κ1) is 20.4. The Bertz CT molecular complexity index is 238. The third-order valence-electron chi connectivity index (χ3n) is 3.70. The van der Waals surface area contributed by atoms with Gasteiger partial charge >= 0.3 is 0 Å². The molecular formula is C19H36O2. The van der Waals surface area contributed by atoms with Gasteiger partial charge in [-0.3, -0.25) is 0 Å². The lowest BCUT2D eigenvalue weighted by Crippen LogP contribution is -2.28. The zero-order valence-corrected chi connectivity index (χ0v) is 14.3. The highest BCUT2D eigenvalue weighted by atomic mass is 16.5. The average Bonchev–Trinajstić information content (AvgIpc) is 2.50. The predicted octanol–water partition coefficient (Wildman–Crippen LogP) is 5.54. The maximum atomic E-state index is 6.14. The van der Waals surface area contributed by atoms with E-state index in [2.05, 4.69) is 27.0 Å². The summed E-state index contributed by atoms with van der Waals surface area (Å²) in [6.45, 7) is 14.5. The van der Waals surface area contributed by atoms with Crippen molar-refractivity contribution in [2.45, 2.75) is 71.3 Å². The van der Waals surface area contributed by atoms with Gasteiger partial charge in [-0.2, -0.15) is 0 Å². The molecule has 0 aromatic rings. The number of rotatable bonds is 16. The van der Waals surface area contributed by atoms with Crippen molar-refractivity contribution < 1.29 is 9.47 Å². The first-order chi connectivity index (χ1) is 10.3. The lowest BCUT2D eigenvalue weighted by atomic mass is 9.94. The Labute approximate surface area is 132 Å². The van der Waals surface area contributed by atoms with Crippen LogP contribution in [0.25, 0.3) is 0 Å². The van der Waals surface area contributed by atoms with Crippen molar-refractivity contribution in [3.8, 4) is 0 Å². The van der Waals surface area contributed by atoms with Crippen molar-refractivity contribution in [2.75, 3.05) is 19.8 Å². The number of hydrogen-bond donors (Lipinski definition) is 0. The van der Waals surface area contributed by atoms with Crippen LogP contribution in [0.5, 0.6) is 0 Å². The summed E-state index contributed by atoms with van der Waals surface area (Å²) in [5.74, 6) is 0.489. The molecule has 2 nitrogen and oxygen atoms in total. The van der Waals surface area contributed by atoms with Crippen LogP contribution in [0.4, 0.5) is 0 Å². The summed E-state index contributed by atoms with van der Waals surface area (Å²) in [5, 5.41) is 0. The van der Waals surface area contributed by atoms with Gasteiger partial charge in [0, 0.05) is 19.1 Å². The van der Waals surface area contributed by atoms with E-state index in [-0.39, 0.29) is 0 Å². The number of ether oxygens (including phenoxy) is 2. The van der Waals surface area contributed by atoms with Crippen molar-refractivity contribution in [2.24, 2.45) is 5.92 Å². The molecule has 0 radical (unpaired) electrons. The monoisotopic (exact) mass is 296 g/mol. The van der Waals surface area contributed by atoms with Gasteiger partial charge in [0.15, 0.2) is 0 Å². The van der Waals surface area contributed by atoms with Crippen molar-refractivity contribution in [3.63, 3.8) is 0 Å². The van der Waals surface area contributed by atoms with E-state index in [1.807, 2.05) is 12.2 Å². The lowest BCUT2D eigenvalue weighted by molar-refractivity contribution is -0.0306. The van der Waals surface area contributed by atoms with Crippen molar-refractivity contribution in [1.82, 2.24) is 0 Å². The molecule has 2 heteroatoms. The molecule has 0 aliphatic rings. The highest BCUT2D eigenvalue weighted by molar-refractivity contribution is 4.76. The molecule has 0 aromatic heterocycles. The van der Waals surface area contributed by atoms with Crippen LogP contribution in [0.1, 0.15) is 65.2 Å². The second-order valence-corrected chi connectivity index (χ2v) is 5.68. The van der Waals surface area contributed by atoms with E-state index in [1.54, 1.807) is 0 Å². The first-order valence-electron chi connectivity index (χ1n) is 8.71. The Kier molecular flexibility index (Phi) is 15.3. The van der Waals surface area contributed by atoms with Crippen molar-refractivity contribution >= 4 is 0 Å². The quantitative estimate of drug-likeness (QED) is 0.275. The van der Waals surface area contributed by atoms with Crippen LogP contribution >= 0.6 is 0 Å². The largest absolute Gasteiger partial charge is 0.381 e. The Morgan fingerprint density at radius 1 is 0.905 bits per heavy atom. The van der Waals surface area contributed by atoms with Gasteiger partial charge in [0.1, 0.15) is 0 Å². The lowest BCUT2D eigenvalue weighted by Gasteiger charge is -2.27. The highest BCUT2D eigenvalue weighted by Gasteiger charge is 2.21. The minimum Gasteiger partial charge on any atom is -0.381 e. The van der Waals surface area contributed by atoms with Gasteiger partial charge in [-0.15, -0.1) is 13.2 Å². The zero-order chi connectivity index (χ0) is 15.8. The summed E-state index contributed by atoms with van der Waals surface area (Å²) in [6, 6.07) is 0. The Morgan fingerprint density at radius 3 is 2.29 bits per heavy atom. The van der Waals surface area contributed by atoms with Gasteiger partial charge in [-0.1, -0.05) is 38.8 Å². The van der Waals surface area contributed by atoms with Gasteiger partial charge in [0.2, 0.25) is 0 Å². The molecule has 0 amide bonds. The van der Waals surface area contributed by atoms with E-state index in [4.69, 9.17) is 9.47 Å². The highest BCUT2D eigenvalue weighted by Crippen LogP contribution is 2.21. The molecule has 0 bridgehead atoms. The molecule has 0 N–H and O–H groups in total. The van der Waals surface area contributed by atoms with Gasteiger partial charge < -0.3 is 9.47 Å². The molecule has 0 fully saturated rings. The molecule has 0 rings (SSSR count). The second-order valence-electron chi connectivity index (χ2n) is 5.68. The number of allylic oxidation sites excluding steroid dienone is 2. The maximum Gasteiger partial charge on any atom is 0.0625 e. The fourth-order valence-electron chi connectivity index (χ4n) is 2.39. The summed E-state index contributed by atoms with van der Waals surface area (Å²) >= 11 is 0. The standard InChI is InChI=1S/C19H36O2/c1-5-9-12-16-21-19(13-8-4)18(14-10-6-2)17-20-15-11-7-3/h5-6,18-19H,1-2,7-17H2,3-4H3. The van der Waals surface area contributed by atoms with E-state index < -0.39 is 0 Å². The molecule has 0 spiro atoms. The van der Waals surface area contributed by atoms with Gasteiger partial charge in [0.05, 0.1) is 12.7 Å². The van der Waals surface area contributed by atoms with Crippen LogP contribution < -0.4 is 0 Å². The fourth-order valence-corrected chi connectivity index (χ4v) is 2.39. The molecule has 0 saturated heterocycles. The van der Waals surface area contributed by atoms with Gasteiger partial charge in [0.25, 0.3) is 0 Å². The third-order valence-corrected chi connectivity index (χ3v) is 3.70. The third kappa shape index (κ3) is 11.7. The molecule has 0 saturated carbocycles. The smallest absolute Gasteiger partial charge is 0.0625 e. The molecule has 0 aliphatic carbocycles. The van der Waals surface area contributed by atoms with Gasteiger partial charge in [-0.25, -0.2) is 0 Å². The second kappa shape index (κ2) is 15.8. The van der Waals surface area contributed by atoms with Crippen LogP contribution in [0.3, 0.4) is 0 Å². The van der Waals surface area contributed by atoms with Crippen molar-refractivity contribution in [1.29, 1.82) is 0 Å². The minimum absolute atomic E-state index is 0.321. The topological polar surface area (TPSA) is 18.5 Å². The molecule has 124 valence electrons. The molecule has 21 heavy (non-hydrogen) atoms. The minimum atomic E-state index is 0.321. The SMILES string of the molecule is C=CCCCOC(CCC)C(CCC=C)COCCCC. The molecule has 0 aliphatic heterocycles.